The summed E-state index contributed by atoms with van der Waals surface area (Å²) in [5, 5.41) is 11.5. The number of carboxylic acids is 1. The molecule has 0 spiro atoms. The van der Waals surface area contributed by atoms with Crippen molar-refractivity contribution in [2.24, 2.45) is 5.92 Å². The van der Waals surface area contributed by atoms with Crippen LogP contribution in [-0.2, 0) is 4.79 Å². The van der Waals surface area contributed by atoms with E-state index < -0.39 is 17.9 Å². The highest BCUT2D eigenvalue weighted by Crippen LogP contribution is 2.17. The monoisotopic (exact) mass is 259 g/mol. The van der Waals surface area contributed by atoms with Gasteiger partial charge < -0.3 is 14.8 Å². The van der Waals surface area contributed by atoms with Crippen molar-refractivity contribution < 1.29 is 19.1 Å². The van der Waals surface area contributed by atoms with Crippen molar-refractivity contribution in [1.29, 1.82) is 0 Å². The second-order valence-corrected chi connectivity index (χ2v) is 4.50. The molecule has 0 fully saturated rings. The lowest BCUT2D eigenvalue weighted by molar-refractivity contribution is -0.139. The van der Waals surface area contributed by atoms with Crippen LogP contribution in [0.15, 0.2) is 16.7 Å². The van der Waals surface area contributed by atoms with Gasteiger partial charge in [0.25, 0.3) is 5.91 Å². The first kappa shape index (κ1) is 13.6. The second-order valence-electron chi connectivity index (χ2n) is 4.09. The van der Waals surface area contributed by atoms with E-state index in [4.69, 9.17) is 21.1 Å². The minimum absolute atomic E-state index is 0.0679. The maximum Gasteiger partial charge on any atom is 0.326 e. The summed E-state index contributed by atoms with van der Waals surface area (Å²) >= 11 is 5.70. The van der Waals surface area contributed by atoms with Crippen LogP contribution in [0.5, 0.6) is 0 Å². The molecule has 17 heavy (non-hydrogen) atoms. The Morgan fingerprint density at radius 1 is 1.53 bits per heavy atom. The van der Waals surface area contributed by atoms with E-state index in [1.54, 1.807) is 0 Å². The molecule has 0 bridgehead atoms. The molecule has 1 atom stereocenters. The standard InChI is InChI=1S/C11H14ClNO4/c1-6(2)5-8(11(15)16)13-10(14)9-7(12)3-4-17-9/h3-4,6,8H,5H2,1-2H3,(H,13,14)(H,15,16)/t8-/m1/s1. The Morgan fingerprint density at radius 3 is 2.59 bits per heavy atom. The molecule has 0 saturated heterocycles. The fraction of sp³-hybridized carbons (Fsp3) is 0.455. The molecule has 0 unspecified atom stereocenters. The fourth-order valence-corrected chi connectivity index (χ4v) is 1.55. The molecule has 0 aromatic carbocycles. The Kier molecular flexibility index (Phi) is 4.57. The molecule has 0 aliphatic heterocycles. The Hall–Kier alpha value is -1.49. The van der Waals surface area contributed by atoms with Gasteiger partial charge >= 0.3 is 5.97 Å². The zero-order valence-electron chi connectivity index (χ0n) is 9.57. The first-order chi connectivity index (χ1) is 7.91. The predicted molar refractivity (Wildman–Crippen MR) is 62.1 cm³/mol. The minimum Gasteiger partial charge on any atom is -0.480 e. The lowest BCUT2D eigenvalue weighted by atomic mass is 10.0. The van der Waals surface area contributed by atoms with Gasteiger partial charge in [-0.15, -0.1) is 0 Å². The van der Waals surface area contributed by atoms with E-state index in [-0.39, 0.29) is 16.7 Å². The lowest BCUT2D eigenvalue weighted by Crippen LogP contribution is -2.41. The number of nitrogens with one attached hydrogen (secondary N) is 1. The molecule has 0 radical (unpaired) electrons. The first-order valence-corrected chi connectivity index (χ1v) is 5.56. The Bertz CT molecular complexity index is 413. The van der Waals surface area contributed by atoms with E-state index in [1.807, 2.05) is 13.8 Å². The van der Waals surface area contributed by atoms with Crippen molar-refractivity contribution in [3.05, 3.63) is 23.1 Å². The number of rotatable bonds is 5. The van der Waals surface area contributed by atoms with Gasteiger partial charge in [0.1, 0.15) is 6.04 Å². The highest BCUT2D eigenvalue weighted by molar-refractivity contribution is 6.33. The summed E-state index contributed by atoms with van der Waals surface area (Å²) < 4.78 is 4.87. The molecule has 2 N–H and O–H groups in total. The van der Waals surface area contributed by atoms with E-state index in [0.29, 0.717) is 6.42 Å². The van der Waals surface area contributed by atoms with E-state index in [9.17, 15) is 9.59 Å². The van der Waals surface area contributed by atoms with Crippen LogP contribution in [0.4, 0.5) is 0 Å². The van der Waals surface area contributed by atoms with Gasteiger partial charge in [-0.25, -0.2) is 4.79 Å². The zero-order valence-corrected chi connectivity index (χ0v) is 10.3. The van der Waals surface area contributed by atoms with Crippen molar-refractivity contribution in [1.82, 2.24) is 5.32 Å². The summed E-state index contributed by atoms with van der Waals surface area (Å²) in [5.74, 6) is -1.60. The summed E-state index contributed by atoms with van der Waals surface area (Å²) in [4.78, 5) is 22.6. The van der Waals surface area contributed by atoms with Crippen LogP contribution in [0.3, 0.4) is 0 Å². The molecule has 1 aromatic rings. The number of halogens is 1. The van der Waals surface area contributed by atoms with Gasteiger partial charge in [0, 0.05) is 0 Å². The summed E-state index contributed by atoms with van der Waals surface area (Å²) in [5.41, 5.74) is 0. The molecule has 1 amide bonds. The van der Waals surface area contributed by atoms with Crippen molar-refractivity contribution in [2.45, 2.75) is 26.3 Å². The van der Waals surface area contributed by atoms with Gasteiger partial charge in [-0.2, -0.15) is 0 Å². The van der Waals surface area contributed by atoms with Gasteiger partial charge in [0.2, 0.25) is 5.76 Å². The number of amides is 1. The van der Waals surface area contributed by atoms with Crippen LogP contribution in [0.25, 0.3) is 0 Å². The Morgan fingerprint density at radius 2 is 2.18 bits per heavy atom. The third-order valence-corrected chi connectivity index (χ3v) is 2.43. The maximum absolute atomic E-state index is 11.7. The SMILES string of the molecule is CC(C)C[C@@H](NC(=O)c1occc1Cl)C(=O)O. The van der Waals surface area contributed by atoms with Crippen LogP contribution in [0, 0.1) is 5.92 Å². The summed E-state index contributed by atoms with van der Waals surface area (Å²) in [6.07, 6.45) is 1.62. The molecule has 0 aliphatic rings. The molecule has 1 aromatic heterocycles. The predicted octanol–water partition coefficient (Wildman–Crippen LogP) is 2.16. The van der Waals surface area contributed by atoms with Gasteiger partial charge in [-0.1, -0.05) is 25.4 Å². The topological polar surface area (TPSA) is 79.5 Å². The maximum atomic E-state index is 11.7. The number of carbonyl (C=O) groups is 2. The normalized spacial score (nSPS) is 12.5. The quantitative estimate of drug-likeness (QED) is 0.849. The van der Waals surface area contributed by atoms with Crippen LogP contribution in [0.1, 0.15) is 30.8 Å². The molecule has 94 valence electrons. The summed E-state index contributed by atoms with van der Waals surface area (Å²) in [6.45, 7) is 3.75. The Labute approximate surface area is 104 Å². The number of carboxylic acid groups (broad SMARTS) is 1. The molecule has 1 heterocycles. The molecule has 6 heteroatoms. The van der Waals surface area contributed by atoms with E-state index in [0.717, 1.165) is 0 Å². The average Bonchev–Trinajstić information content (AvgIpc) is 2.62. The molecule has 5 nitrogen and oxygen atoms in total. The van der Waals surface area contributed by atoms with Crippen LogP contribution in [-0.4, -0.2) is 23.0 Å². The van der Waals surface area contributed by atoms with Crippen LogP contribution in [0.2, 0.25) is 5.02 Å². The van der Waals surface area contributed by atoms with Crippen LogP contribution < -0.4 is 5.32 Å². The summed E-state index contributed by atoms with van der Waals surface area (Å²) in [6, 6.07) is 0.484. The van der Waals surface area contributed by atoms with E-state index in [1.165, 1.54) is 12.3 Å². The largest absolute Gasteiger partial charge is 0.480 e. The van der Waals surface area contributed by atoms with Crippen molar-refractivity contribution in [3.8, 4) is 0 Å². The fourth-order valence-electron chi connectivity index (χ4n) is 1.37. The van der Waals surface area contributed by atoms with E-state index >= 15 is 0 Å². The third-order valence-electron chi connectivity index (χ3n) is 2.13. The number of hydrogen-bond donors (Lipinski definition) is 2. The Balaban J connectivity index is 2.71. The van der Waals surface area contributed by atoms with Gasteiger partial charge in [0.15, 0.2) is 0 Å². The first-order valence-electron chi connectivity index (χ1n) is 5.18. The molecule has 0 saturated carbocycles. The van der Waals surface area contributed by atoms with E-state index in [2.05, 4.69) is 5.32 Å². The number of furan rings is 1. The number of carbonyl (C=O) groups excluding carboxylic acids is 1. The highest BCUT2D eigenvalue weighted by atomic mass is 35.5. The van der Waals surface area contributed by atoms with Gasteiger partial charge in [-0.05, 0) is 18.4 Å². The molecule has 0 aliphatic carbocycles. The second kappa shape index (κ2) is 5.72. The van der Waals surface area contributed by atoms with Crippen LogP contribution >= 0.6 is 11.6 Å². The van der Waals surface area contributed by atoms with Gasteiger partial charge in [0.05, 0.1) is 11.3 Å². The molecular formula is C11H14ClNO4. The molecule has 1 rings (SSSR count). The third kappa shape index (κ3) is 3.78. The average molecular weight is 260 g/mol. The van der Waals surface area contributed by atoms with Crippen molar-refractivity contribution >= 4 is 23.5 Å². The van der Waals surface area contributed by atoms with Crippen molar-refractivity contribution in [3.63, 3.8) is 0 Å². The van der Waals surface area contributed by atoms with Gasteiger partial charge in [-0.3, -0.25) is 4.79 Å². The van der Waals surface area contributed by atoms with Crippen molar-refractivity contribution in [2.75, 3.05) is 0 Å². The minimum atomic E-state index is -1.07. The summed E-state index contributed by atoms with van der Waals surface area (Å²) in [7, 11) is 0. The lowest BCUT2D eigenvalue weighted by Gasteiger charge is -2.15. The highest BCUT2D eigenvalue weighted by Gasteiger charge is 2.24. The zero-order chi connectivity index (χ0) is 13.0. The number of aliphatic carboxylic acids is 1. The molecular weight excluding hydrogens is 246 g/mol. The smallest absolute Gasteiger partial charge is 0.326 e. The number of hydrogen-bond acceptors (Lipinski definition) is 3.